The molecule has 180 valence electrons. The number of aromatic nitrogens is 1. The number of allylic oxidation sites excluding steroid dienone is 3. The van der Waals surface area contributed by atoms with E-state index in [1.807, 2.05) is 4.90 Å². The van der Waals surface area contributed by atoms with Crippen LogP contribution in [0.3, 0.4) is 0 Å². The number of fused-ring (bicyclic) bond motifs is 1. The normalized spacial score (nSPS) is 17.2. The van der Waals surface area contributed by atoms with E-state index in [4.69, 9.17) is 0 Å². The Bertz CT molecular complexity index is 1270. The molecule has 2 heterocycles. The standard InChI is InChI=1S/C24H23F4N3O3/c1-3-5-14(4-2)29-8-10-30(11-9-29)21-18(25)12-16-20(19(21)24(26,27)28)31(15-6-7-15)13-17(22(16)32)23(33)34/h3-5,12-13,15H,1-2,6-11H2,(H,33,34)/b14-5+. The molecule has 1 aromatic carbocycles. The Morgan fingerprint density at radius 3 is 2.29 bits per heavy atom. The maximum Gasteiger partial charge on any atom is 0.420 e. The van der Waals surface area contributed by atoms with E-state index >= 15 is 4.39 Å². The van der Waals surface area contributed by atoms with Gasteiger partial charge in [0.05, 0.1) is 16.6 Å². The summed E-state index contributed by atoms with van der Waals surface area (Å²) >= 11 is 0. The van der Waals surface area contributed by atoms with Crippen LogP contribution in [0.15, 0.2) is 54.1 Å². The highest BCUT2D eigenvalue weighted by Crippen LogP contribution is 2.46. The van der Waals surface area contributed by atoms with Crippen LogP contribution in [-0.2, 0) is 6.18 Å². The molecule has 2 fully saturated rings. The number of benzene rings is 1. The first kappa shape index (κ1) is 23.6. The topological polar surface area (TPSA) is 65.8 Å². The van der Waals surface area contributed by atoms with Gasteiger partial charge in [-0.2, -0.15) is 13.2 Å². The van der Waals surface area contributed by atoms with Crippen molar-refractivity contribution < 1.29 is 27.5 Å². The second kappa shape index (κ2) is 8.66. The minimum Gasteiger partial charge on any atom is -0.477 e. The Morgan fingerprint density at radius 1 is 1.15 bits per heavy atom. The van der Waals surface area contributed by atoms with Gasteiger partial charge in [0, 0.05) is 44.1 Å². The molecule has 0 amide bonds. The van der Waals surface area contributed by atoms with Crippen molar-refractivity contribution in [1.82, 2.24) is 9.47 Å². The largest absolute Gasteiger partial charge is 0.477 e. The molecule has 6 nitrogen and oxygen atoms in total. The van der Waals surface area contributed by atoms with Crippen molar-refractivity contribution in [2.45, 2.75) is 25.1 Å². The van der Waals surface area contributed by atoms with E-state index < -0.39 is 51.1 Å². The fourth-order valence-electron chi connectivity index (χ4n) is 4.46. The highest BCUT2D eigenvalue weighted by Gasteiger charge is 2.42. The molecule has 0 bridgehead atoms. The quantitative estimate of drug-likeness (QED) is 0.488. The zero-order valence-corrected chi connectivity index (χ0v) is 18.2. The third-order valence-corrected chi connectivity index (χ3v) is 6.15. The molecule has 0 unspecified atom stereocenters. The number of hydrogen-bond acceptors (Lipinski definition) is 4. The summed E-state index contributed by atoms with van der Waals surface area (Å²) in [6.07, 6.45) is 1.99. The zero-order chi connectivity index (χ0) is 24.8. The Kier molecular flexibility index (Phi) is 6.01. The van der Waals surface area contributed by atoms with Crippen LogP contribution in [0, 0.1) is 5.82 Å². The fraction of sp³-hybridized carbons (Fsp3) is 0.333. The summed E-state index contributed by atoms with van der Waals surface area (Å²) in [6.45, 7) is 8.23. The van der Waals surface area contributed by atoms with Gasteiger partial charge in [-0.15, -0.1) is 0 Å². The number of carboxylic acid groups (broad SMARTS) is 1. The van der Waals surface area contributed by atoms with Crippen molar-refractivity contribution in [3.63, 3.8) is 0 Å². The Hall–Kier alpha value is -3.56. The summed E-state index contributed by atoms with van der Waals surface area (Å²) in [6, 6.07) is 0.365. The minimum absolute atomic E-state index is 0.106. The number of hydrogen-bond donors (Lipinski definition) is 1. The smallest absolute Gasteiger partial charge is 0.420 e. The number of anilines is 1. The first-order valence-corrected chi connectivity index (χ1v) is 10.7. The lowest BCUT2D eigenvalue weighted by molar-refractivity contribution is -0.136. The molecule has 1 aliphatic heterocycles. The van der Waals surface area contributed by atoms with Gasteiger partial charge in [-0.3, -0.25) is 4.79 Å². The molecule has 2 aliphatic rings. The second-order valence-electron chi connectivity index (χ2n) is 8.30. The lowest BCUT2D eigenvalue weighted by Crippen LogP contribution is -2.46. The van der Waals surface area contributed by atoms with Gasteiger partial charge >= 0.3 is 12.1 Å². The fourth-order valence-corrected chi connectivity index (χ4v) is 4.46. The van der Waals surface area contributed by atoms with Crippen molar-refractivity contribution in [2.75, 3.05) is 31.1 Å². The third kappa shape index (κ3) is 4.08. The monoisotopic (exact) mass is 477 g/mol. The first-order valence-electron chi connectivity index (χ1n) is 10.7. The molecule has 1 aliphatic carbocycles. The van der Waals surface area contributed by atoms with Crippen molar-refractivity contribution in [3.05, 3.63) is 76.5 Å². The van der Waals surface area contributed by atoms with Gasteiger partial charge in [0.15, 0.2) is 0 Å². The molecule has 10 heteroatoms. The summed E-state index contributed by atoms with van der Waals surface area (Å²) in [5.41, 5.74) is -3.40. The van der Waals surface area contributed by atoms with Crippen molar-refractivity contribution in [3.8, 4) is 0 Å². The number of piperazine rings is 1. The Balaban J connectivity index is 1.91. The van der Waals surface area contributed by atoms with Gasteiger partial charge in [-0.1, -0.05) is 19.2 Å². The van der Waals surface area contributed by atoms with E-state index in [-0.39, 0.29) is 19.1 Å². The molecular weight excluding hydrogens is 454 g/mol. The maximum absolute atomic E-state index is 15.3. The third-order valence-electron chi connectivity index (χ3n) is 6.15. The predicted molar refractivity (Wildman–Crippen MR) is 121 cm³/mol. The van der Waals surface area contributed by atoms with Gasteiger partial charge in [0.1, 0.15) is 16.9 Å². The number of carbonyl (C=O) groups is 1. The van der Waals surface area contributed by atoms with Crippen molar-refractivity contribution >= 4 is 22.6 Å². The van der Waals surface area contributed by atoms with Gasteiger partial charge in [-0.05, 0) is 31.1 Å². The van der Waals surface area contributed by atoms with Crippen LogP contribution in [0.2, 0.25) is 0 Å². The average Bonchev–Trinajstić information content (AvgIpc) is 3.62. The summed E-state index contributed by atoms with van der Waals surface area (Å²) in [5, 5.41) is 8.80. The average molecular weight is 477 g/mol. The van der Waals surface area contributed by atoms with Crippen LogP contribution in [0.25, 0.3) is 10.9 Å². The Labute approximate surface area is 192 Å². The van der Waals surface area contributed by atoms with E-state index in [1.165, 1.54) is 9.47 Å². The molecule has 34 heavy (non-hydrogen) atoms. The van der Waals surface area contributed by atoms with Gasteiger partial charge in [0.25, 0.3) is 0 Å². The highest BCUT2D eigenvalue weighted by molar-refractivity contribution is 5.95. The molecule has 4 rings (SSSR count). The van der Waals surface area contributed by atoms with Crippen LogP contribution < -0.4 is 10.3 Å². The van der Waals surface area contributed by atoms with E-state index in [1.54, 1.807) is 18.2 Å². The predicted octanol–water partition coefficient (Wildman–Crippen LogP) is 4.57. The zero-order valence-electron chi connectivity index (χ0n) is 18.2. The van der Waals surface area contributed by atoms with E-state index in [0.717, 1.165) is 18.0 Å². The number of nitrogens with zero attached hydrogens (tertiary/aromatic N) is 3. The van der Waals surface area contributed by atoms with E-state index in [0.29, 0.717) is 25.9 Å². The summed E-state index contributed by atoms with van der Waals surface area (Å²) < 4.78 is 59.9. The highest BCUT2D eigenvalue weighted by atomic mass is 19.4. The van der Waals surface area contributed by atoms with Gasteiger partial charge in [0.2, 0.25) is 5.43 Å². The van der Waals surface area contributed by atoms with Crippen LogP contribution >= 0.6 is 0 Å². The van der Waals surface area contributed by atoms with Gasteiger partial charge < -0.3 is 19.5 Å². The SMILES string of the molecule is C=C/C=C(\C=C)N1CCN(c2c(F)cc3c(=O)c(C(=O)O)cn(C4CC4)c3c2C(F)(F)F)CC1. The molecule has 1 saturated heterocycles. The molecule has 0 atom stereocenters. The molecule has 0 radical (unpaired) electrons. The minimum atomic E-state index is -4.98. The summed E-state index contributed by atoms with van der Waals surface area (Å²) in [7, 11) is 0. The van der Waals surface area contributed by atoms with E-state index in [9.17, 15) is 27.9 Å². The molecule has 2 aromatic rings. The van der Waals surface area contributed by atoms with Crippen LogP contribution in [-0.4, -0.2) is 46.7 Å². The molecule has 0 spiro atoms. The number of halogens is 4. The molecule has 1 saturated carbocycles. The number of alkyl halides is 3. The lowest BCUT2D eigenvalue weighted by Gasteiger charge is -2.39. The van der Waals surface area contributed by atoms with Crippen molar-refractivity contribution in [2.24, 2.45) is 0 Å². The Morgan fingerprint density at radius 2 is 1.79 bits per heavy atom. The van der Waals surface area contributed by atoms with Crippen LogP contribution in [0.1, 0.15) is 34.8 Å². The number of rotatable bonds is 6. The first-order chi connectivity index (χ1) is 16.1. The summed E-state index contributed by atoms with van der Waals surface area (Å²) in [4.78, 5) is 27.5. The number of pyridine rings is 1. The summed E-state index contributed by atoms with van der Waals surface area (Å²) in [5.74, 6) is -2.78. The maximum atomic E-state index is 15.3. The lowest BCUT2D eigenvalue weighted by atomic mass is 10.0. The number of aromatic carboxylic acids is 1. The number of carboxylic acids is 1. The molecular formula is C24H23F4N3O3. The van der Waals surface area contributed by atoms with Crippen LogP contribution in [0.4, 0.5) is 23.2 Å². The van der Waals surface area contributed by atoms with Crippen LogP contribution in [0.5, 0.6) is 0 Å². The van der Waals surface area contributed by atoms with Gasteiger partial charge in [-0.25, -0.2) is 9.18 Å². The van der Waals surface area contributed by atoms with E-state index in [2.05, 4.69) is 13.2 Å². The molecule has 1 aromatic heterocycles. The van der Waals surface area contributed by atoms with Crippen molar-refractivity contribution in [1.29, 1.82) is 0 Å². The molecule has 1 N–H and O–H groups in total. The second-order valence-corrected chi connectivity index (χ2v) is 8.30.